The molecule has 3 rings (SSSR count). The monoisotopic (exact) mass is 410 g/mol. The highest BCUT2D eigenvalue weighted by atomic mass is 32.1. The molecule has 0 aliphatic carbocycles. The van der Waals surface area contributed by atoms with Crippen LogP contribution in [0.25, 0.3) is 0 Å². The summed E-state index contributed by atoms with van der Waals surface area (Å²) in [6.07, 6.45) is -4.90. The van der Waals surface area contributed by atoms with Crippen LogP contribution in [0.3, 0.4) is 0 Å². The number of hydrogen-bond donors (Lipinski definition) is 4. The van der Waals surface area contributed by atoms with E-state index in [4.69, 9.17) is 14.2 Å². The summed E-state index contributed by atoms with van der Waals surface area (Å²) in [5.41, 5.74) is 1.16. The molecular formula is C20H26O7S. The van der Waals surface area contributed by atoms with Gasteiger partial charge in [-0.15, -0.1) is 11.3 Å². The zero-order valence-electron chi connectivity index (χ0n) is 15.6. The first-order valence-electron chi connectivity index (χ1n) is 9.28. The highest BCUT2D eigenvalue weighted by molar-refractivity contribution is 7.10. The maximum atomic E-state index is 10.1. The standard InChI is InChI=1S/C20H26O7S/c1-2-25-13-6-3-12(4-7-13)5-8-16-14(9-10-28-16)26-20-19(24)18(23)17(22)15(11-21)27-20/h3-4,6-7,9-10,15,17-24H,2,5,8,11H2,1H3. The largest absolute Gasteiger partial charge is 0.494 e. The molecule has 4 N–H and O–H groups in total. The fourth-order valence-corrected chi connectivity index (χ4v) is 3.89. The zero-order chi connectivity index (χ0) is 20.1. The van der Waals surface area contributed by atoms with E-state index in [9.17, 15) is 20.4 Å². The second-order valence-corrected chi connectivity index (χ2v) is 7.60. The number of aryl methyl sites for hydroxylation is 2. The van der Waals surface area contributed by atoms with Crippen LogP contribution in [0.15, 0.2) is 35.7 Å². The second-order valence-electron chi connectivity index (χ2n) is 6.60. The molecule has 0 saturated carbocycles. The second kappa shape index (κ2) is 9.69. The molecule has 0 amide bonds. The van der Waals surface area contributed by atoms with Crippen molar-refractivity contribution in [2.75, 3.05) is 13.2 Å². The first-order chi connectivity index (χ1) is 13.5. The molecule has 0 bridgehead atoms. The van der Waals surface area contributed by atoms with Crippen LogP contribution in [0.4, 0.5) is 0 Å². The van der Waals surface area contributed by atoms with Gasteiger partial charge in [-0.3, -0.25) is 0 Å². The molecule has 0 radical (unpaired) electrons. The highest BCUT2D eigenvalue weighted by Crippen LogP contribution is 2.31. The summed E-state index contributed by atoms with van der Waals surface area (Å²) in [5.74, 6) is 1.40. The van der Waals surface area contributed by atoms with E-state index < -0.39 is 37.3 Å². The van der Waals surface area contributed by atoms with Gasteiger partial charge in [0, 0.05) is 4.88 Å². The van der Waals surface area contributed by atoms with Gasteiger partial charge in [-0.1, -0.05) is 12.1 Å². The van der Waals surface area contributed by atoms with Crippen molar-refractivity contribution < 1.29 is 34.6 Å². The molecule has 1 fully saturated rings. The SMILES string of the molecule is CCOc1ccc(CCc2sccc2OC2OC(CO)C(O)C(O)C2O)cc1. The summed E-state index contributed by atoms with van der Waals surface area (Å²) in [5, 5.41) is 41.1. The fraction of sp³-hybridized carbons (Fsp3) is 0.500. The van der Waals surface area contributed by atoms with E-state index in [0.717, 1.165) is 29.0 Å². The maximum Gasteiger partial charge on any atom is 0.229 e. The van der Waals surface area contributed by atoms with Gasteiger partial charge < -0.3 is 34.6 Å². The molecule has 1 aliphatic rings. The molecule has 154 valence electrons. The van der Waals surface area contributed by atoms with Crippen molar-refractivity contribution in [2.24, 2.45) is 0 Å². The summed E-state index contributed by atoms with van der Waals surface area (Å²) >= 11 is 1.53. The van der Waals surface area contributed by atoms with E-state index in [1.165, 1.54) is 11.3 Å². The Bertz CT molecular complexity index is 730. The molecule has 8 heteroatoms. The minimum absolute atomic E-state index is 0.487. The fourth-order valence-electron chi connectivity index (χ4n) is 3.08. The lowest BCUT2D eigenvalue weighted by molar-refractivity contribution is -0.277. The van der Waals surface area contributed by atoms with Crippen LogP contribution in [-0.4, -0.2) is 64.3 Å². The molecule has 2 heterocycles. The molecule has 1 saturated heterocycles. The number of hydrogen-bond acceptors (Lipinski definition) is 8. The van der Waals surface area contributed by atoms with Crippen molar-refractivity contribution in [3.05, 3.63) is 46.2 Å². The minimum atomic E-state index is -1.46. The summed E-state index contributed by atoms with van der Waals surface area (Å²) in [7, 11) is 0. The Hall–Kier alpha value is -1.68. The number of aliphatic hydroxyl groups is 4. The highest BCUT2D eigenvalue weighted by Gasteiger charge is 2.44. The average Bonchev–Trinajstić information content (AvgIpc) is 3.15. The van der Waals surface area contributed by atoms with Gasteiger partial charge in [0.25, 0.3) is 0 Å². The number of aliphatic hydroxyl groups excluding tert-OH is 4. The molecule has 5 atom stereocenters. The van der Waals surface area contributed by atoms with Crippen LogP contribution in [0.1, 0.15) is 17.4 Å². The lowest BCUT2D eigenvalue weighted by Crippen LogP contribution is -2.60. The van der Waals surface area contributed by atoms with Crippen molar-refractivity contribution in [3.63, 3.8) is 0 Å². The smallest absolute Gasteiger partial charge is 0.229 e. The van der Waals surface area contributed by atoms with E-state index in [1.807, 2.05) is 36.6 Å². The van der Waals surface area contributed by atoms with Crippen LogP contribution in [0.5, 0.6) is 11.5 Å². The molecule has 7 nitrogen and oxygen atoms in total. The van der Waals surface area contributed by atoms with Gasteiger partial charge in [0.2, 0.25) is 6.29 Å². The van der Waals surface area contributed by atoms with Crippen LogP contribution >= 0.6 is 11.3 Å². The predicted molar refractivity (Wildman–Crippen MR) is 104 cm³/mol. The Labute approximate surface area is 167 Å². The Morgan fingerprint density at radius 2 is 1.75 bits per heavy atom. The molecule has 5 unspecified atom stereocenters. The van der Waals surface area contributed by atoms with E-state index in [2.05, 4.69) is 0 Å². The lowest BCUT2D eigenvalue weighted by Gasteiger charge is -2.39. The van der Waals surface area contributed by atoms with Crippen LogP contribution < -0.4 is 9.47 Å². The molecule has 1 aromatic carbocycles. The van der Waals surface area contributed by atoms with Crippen molar-refractivity contribution in [2.45, 2.75) is 50.5 Å². The van der Waals surface area contributed by atoms with Gasteiger partial charge in [-0.2, -0.15) is 0 Å². The predicted octanol–water partition coefficient (Wildman–Crippen LogP) is 1.11. The van der Waals surface area contributed by atoms with Gasteiger partial charge >= 0.3 is 0 Å². The van der Waals surface area contributed by atoms with Crippen LogP contribution in [0.2, 0.25) is 0 Å². The molecule has 0 spiro atoms. The molecular weight excluding hydrogens is 384 g/mol. The third kappa shape index (κ3) is 4.83. The van der Waals surface area contributed by atoms with Crippen molar-refractivity contribution in [3.8, 4) is 11.5 Å². The number of benzene rings is 1. The molecule has 2 aromatic rings. The topological polar surface area (TPSA) is 109 Å². The van der Waals surface area contributed by atoms with E-state index in [1.54, 1.807) is 6.07 Å². The van der Waals surface area contributed by atoms with Gasteiger partial charge in [0.05, 0.1) is 13.2 Å². The molecule has 28 heavy (non-hydrogen) atoms. The van der Waals surface area contributed by atoms with E-state index in [-0.39, 0.29) is 0 Å². The van der Waals surface area contributed by atoms with Gasteiger partial charge in [0.15, 0.2) is 0 Å². The Kier molecular flexibility index (Phi) is 7.28. The zero-order valence-corrected chi connectivity index (χ0v) is 16.4. The van der Waals surface area contributed by atoms with Crippen molar-refractivity contribution in [1.29, 1.82) is 0 Å². The first-order valence-corrected chi connectivity index (χ1v) is 10.2. The number of rotatable bonds is 8. The minimum Gasteiger partial charge on any atom is -0.494 e. The lowest BCUT2D eigenvalue weighted by atomic mass is 9.99. The summed E-state index contributed by atoms with van der Waals surface area (Å²) in [6.45, 7) is 2.09. The first kappa shape index (κ1) is 21.0. The molecule has 1 aliphatic heterocycles. The number of thiophene rings is 1. The third-order valence-corrected chi connectivity index (χ3v) is 5.63. The average molecular weight is 410 g/mol. The van der Waals surface area contributed by atoms with E-state index in [0.29, 0.717) is 12.4 Å². The summed E-state index contributed by atoms with van der Waals surface area (Å²) < 4.78 is 16.6. The Morgan fingerprint density at radius 1 is 1.00 bits per heavy atom. The van der Waals surface area contributed by atoms with Crippen LogP contribution in [-0.2, 0) is 17.6 Å². The Morgan fingerprint density at radius 3 is 2.43 bits per heavy atom. The Balaban J connectivity index is 1.62. The van der Waals surface area contributed by atoms with Crippen molar-refractivity contribution in [1.82, 2.24) is 0 Å². The quantitative estimate of drug-likeness (QED) is 0.516. The van der Waals surface area contributed by atoms with Gasteiger partial charge in [0.1, 0.15) is 35.9 Å². The van der Waals surface area contributed by atoms with Gasteiger partial charge in [-0.25, -0.2) is 0 Å². The number of ether oxygens (including phenoxy) is 3. The maximum absolute atomic E-state index is 10.1. The van der Waals surface area contributed by atoms with E-state index >= 15 is 0 Å². The van der Waals surface area contributed by atoms with Crippen molar-refractivity contribution >= 4 is 11.3 Å². The molecule has 1 aromatic heterocycles. The van der Waals surface area contributed by atoms with Gasteiger partial charge in [-0.05, 0) is 48.9 Å². The normalized spacial score (nSPS) is 27.5. The van der Waals surface area contributed by atoms with Crippen LogP contribution in [0, 0.1) is 0 Å². The third-order valence-electron chi connectivity index (χ3n) is 4.67. The summed E-state index contributed by atoms with van der Waals surface area (Å²) in [4.78, 5) is 0.978. The summed E-state index contributed by atoms with van der Waals surface area (Å²) in [6, 6.07) is 9.71.